The van der Waals surface area contributed by atoms with E-state index in [0.29, 0.717) is 5.56 Å². The first-order chi connectivity index (χ1) is 22.9. The Morgan fingerprint density at radius 2 is 1.27 bits per heavy atom. The van der Waals surface area contributed by atoms with E-state index in [1.807, 2.05) is 48.5 Å². The first-order valence-corrected chi connectivity index (χ1v) is 16.3. The second-order valence-corrected chi connectivity index (χ2v) is 12.9. The number of carbonyl (C=O) groups is 2. The Morgan fingerprint density at radius 1 is 0.708 bits per heavy atom. The molecule has 246 valence electrons. The van der Waals surface area contributed by atoms with Crippen molar-refractivity contribution in [2.75, 3.05) is 4.31 Å². The van der Waals surface area contributed by atoms with Crippen molar-refractivity contribution in [3.63, 3.8) is 0 Å². The van der Waals surface area contributed by atoms with Crippen molar-refractivity contribution < 1.29 is 41.0 Å². The van der Waals surface area contributed by atoms with E-state index in [1.165, 1.54) is 24.3 Å². The first-order valence-electron chi connectivity index (χ1n) is 14.8. The smallest absolute Gasteiger partial charge is 0.481 e. The summed E-state index contributed by atoms with van der Waals surface area (Å²) >= 11 is 0. The molecule has 5 aromatic carbocycles. The third-order valence-corrected chi connectivity index (χ3v) is 9.40. The predicted octanol–water partition coefficient (Wildman–Crippen LogP) is 8.16. The van der Waals surface area contributed by atoms with Gasteiger partial charge in [0.05, 0.1) is 23.0 Å². The van der Waals surface area contributed by atoms with Crippen LogP contribution in [-0.4, -0.2) is 31.6 Å². The molecule has 5 aromatic rings. The van der Waals surface area contributed by atoms with Gasteiger partial charge >= 0.3 is 12.3 Å². The highest BCUT2D eigenvalue weighted by atomic mass is 32.2. The molecule has 0 aliphatic carbocycles. The zero-order valence-corrected chi connectivity index (χ0v) is 26.2. The van der Waals surface area contributed by atoms with Crippen LogP contribution in [-0.2, 0) is 27.8 Å². The fourth-order valence-corrected chi connectivity index (χ4v) is 6.61. The molecule has 11 heteroatoms. The van der Waals surface area contributed by atoms with E-state index in [2.05, 4.69) is 4.74 Å². The van der Waals surface area contributed by atoms with Crippen LogP contribution in [0.4, 0.5) is 18.9 Å². The normalized spacial score (nSPS) is 12.2. The number of ether oxygens (including phenoxy) is 1. The zero-order valence-electron chi connectivity index (χ0n) is 25.4. The summed E-state index contributed by atoms with van der Waals surface area (Å²) in [6.07, 6.45) is -5.03. The molecule has 0 bridgehead atoms. The summed E-state index contributed by atoms with van der Waals surface area (Å²) in [7, 11) is -4.34. The number of alkyl halides is 3. The first kappa shape index (κ1) is 33.9. The Hall–Kier alpha value is -5.42. The number of aliphatic carboxylic acids is 1. The number of halogens is 3. The van der Waals surface area contributed by atoms with Crippen LogP contribution in [0.2, 0.25) is 0 Å². The van der Waals surface area contributed by atoms with Gasteiger partial charge in [0.25, 0.3) is 10.0 Å². The number of carbonyl (C=O) groups excluding carboxylic acids is 1. The zero-order chi connectivity index (χ0) is 34.3. The maximum absolute atomic E-state index is 14.0. The fourth-order valence-electron chi connectivity index (χ4n) is 5.16. The molecule has 0 saturated heterocycles. The van der Waals surface area contributed by atoms with Crippen LogP contribution in [0, 0.1) is 5.92 Å². The van der Waals surface area contributed by atoms with Gasteiger partial charge in [0.1, 0.15) is 5.75 Å². The van der Waals surface area contributed by atoms with Gasteiger partial charge in [0, 0.05) is 12.0 Å². The summed E-state index contributed by atoms with van der Waals surface area (Å²) in [5.41, 5.74) is 3.70. The summed E-state index contributed by atoms with van der Waals surface area (Å²) in [5.74, 6) is -3.05. The highest BCUT2D eigenvalue weighted by Crippen LogP contribution is 2.30. The molecule has 5 rings (SSSR count). The van der Waals surface area contributed by atoms with Gasteiger partial charge in [-0.1, -0.05) is 84.9 Å². The van der Waals surface area contributed by atoms with Crippen LogP contribution in [0.3, 0.4) is 0 Å². The molecule has 0 amide bonds. The topological polar surface area (TPSA) is 101 Å². The molecule has 0 saturated carbocycles. The van der Waals surface area contributed by atoms with Crippen molar-refractivity contribution in [3.8, 4) is 16.9 Å². The summed E-state index contributed by atoms with van der Waals surface area (Å²) in [6, 6.07) is 35.5. The highest BCUT2D eigenvalue weighted by molar-refractivity contribution is 7.92. The minimum absolute atomic E-state index is 0.135. The van der Waals surface area contributed by atoms with Crippen molar-refractivity contribution in [1.82, 2.24) is 0 Å². The summed E-state index contributed by atoms with van der Waals surface area (Å²) in [6.45, 7) is -0.135. The van der Waals surface area contributed by atoms with E-state index < -0.39 is 39.8 Å². The minimum Gasteiger partial charge on any atom is -0.481 e. The molecule has 1 N–H and O–H groups in total. The molecule has 0 heterocycles. The maximum Gasteiger partial charge on any atom is 0.573 e. The molecule has 0 aromatic heterocycles. The Balaban J connectivity index is 1.42. The number of ketones is 1. The van der Waals surface area contributed by atoms with Crippen LogP contribution < -0.4 is 9.04 Å². The van der Waals surface area contributed by atoms with Gasteiger partial charge in [-0.05, 0) is 77.2 Å². The summed E-state index contributed by atoms with van der Waals surface area (Å²) in [5, 5.41) is 9.75. The Labute approximate surface area is 275 Å². The maximum atomic E-state index is 14.0. The number of hydrogen-bond acceptors (Lipinski definition) is 5. The molecular formula is C37H30F3NO6S. The van der Waals surface area contributed by atoms with E-state index in [4.69, 9.17) is 0 Å². The Kier molecular flexibility index (Phi) is 10.3. The van der Waals surface area contributed by atoms with Crippen LogP contribution in [0.15, 0.2) is 138 Å². The molecule has 1 atom stereocenters. The summed E-state index contributed by atoms with van der Waals surface area (Å²) in [4.78, 5) is 24.8. The number of anilines is 1. The second kappa shape index (κ2) is 14.6. The molecule has 0 fully saturated rings. The fraction of sp³-hybridized carbons (Fsp3) is 0.135. The van der Waals surface area contributed by atoms with Crippen LogP contribution >= 0.6 is 0 Å². The average molecular weight is 674 g/mol. The molecule has 48 heavy (non-hydrogen) atoms. The van der Waals surface area contributed by atoms with Gasteiger partial charge in [-0.15, -0.1) is 13.2 Å². The Morgan fingerprint density at radius 3 is 1.83 bits per heavy atom. The van der Waals surface area contributed by atoms with Crippen LogP contribution in [0.25, 0.3) is 11.1 Å². The quantitative estimate of drug-likeness (QED) is 0.127. The number of Topliss-reactive ketones (excluding diaryl/α,β-unsaturated/α-hetero) is 1. The van der Waals surface area contributed by atoms with Gasteiger partial charge in [-0.2, -0.15) is 0 Å². The van der Waals surface area contributed by atoms with Gasteiger partial charge < -0.3 is 9.84 Å². The van der Waals surface area contributed by atoms with Gasteiger partial charge in [0.2, 0.25) is 0 Å². The molecule has 0 radical (unpaired) electrons. The van der Waals surface area contributed by atoms with Crippen molar-refractivity contribution in [2.45, 2.75) is 30.6 Å². The summed E-state index contributed by atoms with van der Waals surface area (Å²) < 4.78 is 71.0. The van der Waals surface area contributed by atoms with Gasteiger partial charge in [-0.25, -0.2) is 8.42 Å². The standard InChI is InChI=1S/C37H30F3NO6S/c38-37(39,40)47-33-19-21-34(22-20-33)48(45,46)41(25-27-11-13-29(14-12-27)28-9-5-2-6-10-28)32-17-15-30(16-18-32)35(42)24-31(36(43)44)23-26-7-3-1-4-8-26/h1-22,31H,23-25H2,(H,43,44). The third-order valence-electron chi connectivity index (χ3n) is 7.62. The van der Waals surface area contributed by atoms with E-state index in [0.717, 1.165) is 45.3 Å². The van der Waals surface area contributed by atoms with E-state index in [9.17, 15) is 36.3 Å². The van der Waals surface area contributed by atoms with Crippen molar-refractivity contribution in [3.05, 3.63) is 150 Å². The number of benzene rings is 5. The number of rotatable bonds is 13. The lowest BCUT2D eigenvalue weighted by Gasteiger charge is -2.25. The molecule has 0 aliphatic heterocycles. The van der Waals surface area contributed by atoms with Crippen molar-refractivity contribution >= 4 is 27.5 Å². The van der Waals surface area contributed by atoms with Gasteiger partial charge in [-0.3, -0.25) is 13.9 Å². The van der Waals surface area contributed by atoms with Crippen LogP contribution in [0.5, 0.6) is 5.75 Å². The number of nitrogens with zero attached hydrogens (tertiary/aromatic N) is 1. The predicted molar refractivity (Wildman–Crippen MR) is 175 cm³/mol. The molecule has 1 unspecified atom stereocenters. The lowest BCUT2D eigenvalue weighted by Crippen LogP contribution is -2.30. The lowest BCUT2D eigenvalue weighted by atomic mass is 9.92. The van der Waals surface area contributed by atoms with E-state index >= 15 is 0 Å². The largest absolute Gasteiger partial charge is 0.573 e. The van der Waals surface area contributed by atoms with Gasteiger partial charge in [0.15, 0.2) is 5.78 Å². The molecule has 7 nitrogen and oxygen atoms in total. The number of sulfonamides is 1. The van der Waals surface area contributed by atoms with E-state index in [1.54, 1.807) is 36.4 Å². The average Bonchev–Trinajstić information content (AvgIpc) is 3.07. The van der Waals surface area contributed by atoms with Crippen molar-refractivity contribution in [1.29, 1.82) is 0 Å². The number of carboxylic acid groups (broad SMARTS) is 1. The molecule has 0 spiro atoms. The molecule has 0 aliphatic rings. The van der Waals surface area contributed by atoms with E-state index in [-0.39, 0.29) is 35.5 Å². The monoisotopic (exact) mass is 673 g/mol. The molecular weight excluding hydrogens is 643 g/mol. The second-order valence-electron chi connectivity index (χ2n) is 11.0. The third kappa shape index (κ3) is 8.68. The SMILES string of the molecule is O=C(CC(Cc1ccccc1)C(=O)O)c1ccc(N(Cc2ccc(-c3ccccc3)cc2)S(=O)(=O)c2ccc(OC(F)(F)F)cc2)cc1. The van der Waals surface area contributed by atoms with Crippen molar-refractivity contribution in [2.24, 2.45) is 5.92 Å². The minimum atomic E-state index is -4.94. The van der Waals surface area contributed by atoms with Crippen LogP contribution in [0.1, 0.15) is 27.9 Å². The number of hydrogen-bond donors (Lipinski definition) is 1. The highest BCUT2D eigenvalue weighted by Gasteiger charge is 2.32. The lowest BCUT2D eigenvalue weighted by molar-refractivity contribution is -0.274. The Bertz CT molecular complexity index is 1950. The number of carboxylic acids is 1.